The van der Waals surface area contributed by atoms with Gasteiger partial charge in [-0.2, -0.15) is 4.98 Å². The molecule has 114 valence electrons. The minimum absolute atomic E-state index is 0.136. The van der Waals surface area contributed by atoms with Gasteiger partial charge in [0.15, 0.2) is 0 Å². The highest BCUT2D eigenvalue weighted by atomic mass is 16.2. The van der Waals surface area contributed by atoms with Gasteiger partial charge in [-0.25, -0.2) is 4.98 Å². The van der Waals surface area contributed by atoms with Crippen molar-refractivity contribution >= 4 is 11.8 Å². The van der Waals surface area contributed by atoms with Crippen LogP contribution in [0.4, 0.5) is 11.8 Å². The topological polar surface area (TPSA) is 70.1 Å². The van der Waals surface area contributed by atoms with E-state index in [0.717, 1.165) is 43.7 Å². The molecule has 0 aliphatic rings. The number of anilines is 2. The predicted octanol–water partition coefficient (Wildman–Crippen LogP) is 2.82. The van der Waals surface area contributed by atoms with Crippen molar-refractivity contribution in [3.63, 3.8) is 0 Å². The average Bonchev–Trinajstić information content (AvgIpc) is 2.43. The van der Waals surface area contributed by atoms with Crippen LogP contribution in [-0.4, -0.2) is 34.8 Å². The Morgan fingerprint density at radius 2 is 2.05 bits per heavy atom. The van der Waals surface area contributed by atoms with Crippen LogP contribution < -0.4 is 10.6 Å². The molecule has 1 heterocycles. The molecule has 3 N–H and O–H groups in total. The summed E-state index contributed by atoms with van der Waals surface area (Å²) in [5, 5.41) is 15.5. The van der Waals surface area contributed by atoms with Crippen LogP contribution in [0.1, 0.15) is 45.6 Å². The maximum absolute atomic E-state index is 8.93. The van der Waals surface area contributed by atoms with Crippen molar-refractivity contribution in [2.75, 3.05) is 30.3 Å². The summed E-state index contributed by atoms with van der Waals surface area (Å²) in [5.74, 6) is 1.56. The smallest absolute Gasteiger partial charge is 0.224 e. The zero-order chi connectivity index (χ0) is 15.0. The Morgan fingerprint density at radius 1 is 1.30 bits per heavy atom. The van der Waals surface area contributed by atoms with Crippen molar-refractivity contribution < 1.29 is 5.11 Å². The molecule has 0 spiro atoms. The largest absolute Gasteiger partial charge is 0.396 e. The predicted molar refractivity (Wildman–Crippen MR) is 84.1 cm³/mol. The normalized spacial score (nSPS) is 11.4. The van der Waals surface area contributed by atoms with Gasteiger partial charge in [0.1, 0.15) is 5.82 Å². The van der Waals surface area contributed by atoms with E-state index in [2.05, 4.69) is 41.4 Å². The fourth-order valence-corrected chi connectivity index (χ4v) is 1.91. The molecule has 0 aliphatic heterocycles. The van der Waals surface area contributed by atoms with Crippen LogP contribution in [-0.2, 0) is 0 Å². The van der Waals surface area contributed by atoms with Crippen molar-refractivity contribution in [2.24, 2.45) is 5.41 Å². The van der Waals surface area contributed by atoms with Crippen LogP contribution in [0.2, 0.25) is 0 Å². The Kier molecular flexibility index (Phi) is 6.71. The fraction of sp³-hybridized carbons (Fsp3) is 0.733. The van der Waals surface area contributed by atoms with Crippen LogP contribution in [0.3, 0.4) is 0 Å². The van der Waals surface area contributed by atoms with Gasteiger partial charge in [0.05, 0.1) is 0 Å². The van der Waals surface area contributed by atoms with Crippen LogP contribution in [0.15, 0.2) is 6.20 Å². The molecule has 0 saturated heterocycles. The first-order valence-corrected chi connectivity index (χ1v) is 7.41. The van der Waals surface area contributed by atoms with E-state index >= 15 is 0 Å². The first-order valence-electron chi connectivity index (χ1n) is 7.41. The zero-order valence-corrected chi connectivity index (χ0v) is 13.2. The molecule has 1 aromatic heterocycles. The number of nitrogens with one attached hydrogen (secondary N) is 2. The van der Waals surface area contributed by atoms with Crippen LogP contribution in [0, 0.1) is 12.3 Å². The summed E-state index contributed by atoms with van der Waals surface area (Å²) >= 11 is 0. The molecule has 0 saturated carbocycles. The Balaban J connectivity index is 2.61. The Hall–Kier alpha value is -1.36. The highest BCUT2D eigenvalue weighted by Gasteiger charge is 2.17. The van der Waals surface area contributed by atoms with E-state index in [1.54, 1.807) is 0 Å². The van der Waals surface area contributed by atoms with Crippen molar-refractivity contribution in [3.8, 4) is 0 Å². The van der Waals surface area contributed by atoms with E-state index < -0.39 is 0 Å². The van der Waals surface area contributed by atoms with Crippen molar-refractivity contribution in [1.82, 2.24) is 9.97 Å². The summed E-state index contributed by atoms with van der Waals surface area (Å²) in [6.07, 6.45) is 4.71. The minimum atomic E-state index is 0.136. The molecule has 1 aromatic rings. The van der Waals surface area contributed by atoms with E-state index in [9.17, 15) is 0 Å². The summed E-state index contributed by atoms with van der Waals surface area (Å²) in [4.78, 5) is 8.79. The van der Waals surface area contributed by atoms with Crippen LogP contribution in [0.5, 0.6) is 0 Å². The van der Waals surface area contributed by atoms with Gasteiger partial charge >= 0.3 is 0 Å². The quantitative estimate of drug-likeness (QED) is 0.649. The second-order valence-corrected chi connectivity index (χ2v) is 6.00. The van der Waals surface area contributed by atoms with Crippen molar-refractivity contribution in [3.05, 3.63) is 11.8 Å². The van der Waals surface area contributed by atoms with Crippen LogP contribution in [0.25, 0.3) is 0 Å². The fourth-order valence-electron chi connectivity index (χ4n) is 1.91. The second kappa shape index (κ2) is 8.04. The third-order valence-corrected chi connectivity index (χ3v) is 3.25. The maximum atomic E-state index is 8.93. The van der Waals surface area contributed by atoms with Gasteiger partial charge in [-0.15, -0.1) is 0 Å². The monoisotopic (exact) mass is 280 g/mol. The van der Waals surface area contributed by atoms with E-state index in [1.807, 2.05) is 13.1 Å². The summed E-state index contributed by atoms with van der Waals surface area (Å²) in [7, 11) is 0. The van der Waals surface area contributed by atoms with Gasteiger partial charge in [-0.1, -0.05) is 20.8 Å². The third-order valence-electron chi connectivity index (χ3n) is 3.25. The molecular weight excluding hydrogens is 252 g/mol. The van der Waals surface area contributed by atoms with Gasteiger partial charge in [-0.3, -0.25) is 0 Å². The molecule has 20 heavy (non-hydrogen) atoms. The molecule has 5 nitrogen and oxygen atoms in total. The van der Waals surface area contributed by atoms with Gasteiger partial charge in [0, 0.05) is 31.5 Å². The number of hydrogen-bond donors (Lipinski definition) is 3. The number of hydrogen-bond acceptors (Lipinski definition) is 5. The molecular formula is C15H28N4O. The molecule has 0 amide bonds. The van der Waals surface area contributed by atoms with Gasteiger partial charge in [0.2, 0.25) is 5.95 Å². The van der Waals surface area contributed by atoms with Gasteiger partial charge in [-0.05, 0) is 31.6 Å². The van der Waals surface area contributed by atoms with Gasteiger partial charge in [0.25, 0.3) is 0 Å². The molecule has 0 unspecified atom stereocenters. The summed E-state index contributed by atoms with van der Waals surface area (Å²) < 4.78 is 0. The van der Waals surface area contributed by atoms with E-state index in [0.29, 0.717) is 5.95 Å². The van der Waals surface area contributed by atoms with E-state index in [-0.39, 0.29) is 12.0 Å². The Bertz CT molecular complexity index is 407. The zero-order valence-electron chi connectivity index (χ0n) is 13.2. The van der Waals surface area contributed by atoms with E-state index in [4.69, 9.17) is 5.11 Å². The molecule has 0 aliphatic carbocycles. The lowest BCUT2D eigenvalue weighted by Gasteiger charge is -2.25. The lowest BCUT2D eigenvalue weighted by atomic mass is 9.88. The number of aliphatic hydroxyl groups excluding tert-OH is 1. The molecule has 0 bridgehead atoms. The molecule has 0 radical (unpaired) electrons. The lowest BCUT2D eigenvalue weighted by molar-refractivity contribution is 0.248. The highest BCUT2D eigenvalue weighted by molar-refractivity contribution is 5.46. The summed E-state index contributed by atoms with van der Waals surface area (Å²) in [6.45, 7) is 10.5. The molecule has 0 atom stereocenters. The molecule has 5 heteroatoms. The number of aliphatic hydroxyl groups is 1. The van der Waals surface area contributed by atoms with E-state index in [1.165, 1.54) is 0 Å². The number of rotatable bonds is 9. The van der Waals surface area contributed by atoms with Crippen LogP contribution >= 0.6 is 0 Å². The molecule has 0 fully saturated rings. The Labute approximate surface area is 122 Å². The first kappa shape index (κ1) is 16.7. The van der Waals surface area contributed by atoms with Crippen molar-refractivity contribution in [1.29, 1.82) is 0 Å². The summed E-state index contributed by atoms with van der Waals surface area (Å²) in [5.41, 5.74) is 1.18. The number of aryl methyl sites for hydroxylation is 1. The highest BCUT2D eigenvalue weighted by Crippen LogP contribution is 2.23. The number of aromatic nitrogens is 2. The molecule has 0 aromatic carbocycles. The minimum Gasteiger partial charge on any atom is -0.396 e. The Morgan fingerprint density at radius 3 is 2.70 bits per heavy atom. The average molecular weight is 280 g/mol. The number of nitrogens with zero attached hydrogens (tertiary/aromatic N) is 2. The SMILES string of the molecule is CCCNc1ncc(C)c(NCC(C)(C)CCCO)n1. The standard InChI is InChI=1S/C15H28N4O/c1-5-8-16-14-17-10-12(2)13(19-14)18-11-15(3,4)7-6-9-20/h10,20H,5-9,11H2,1-4H3,(H2,16,17,18,19). The molecule has 1 rings (SSSR count). The second-order valence-electron chi connectivity index (χ2n) is 6.00. The first-order chi connectivity index (χ1) is 9.48. The van der Waals surface area contributed by atoms with Crippen molar-refractivity contribution in [2.45, 2.75) is 47.0 Å². The third kappa shape index (κ3) is 5.74. The summed E-state index contributed by atoms with van der Waals surface area (Å²) in [6, 6.07) is 0. The van der Waals surface area contributed by atoms with Gasteiger partial charge < -0.3 is 15.7 Å². The maximum Gasteiger partial charge on any atom is 0.224 e. The lowest BCUT2D eigenvalue weighted by Crippen LogP contribution is -2.24.